The third-order valence-corrected chi connectivity index (χ3v) is 0.887. The first-order chi connectivity index (χ1) is 5.60. The molecule has 0 saturated heterocycles. The van der Waals surface area contributed by atoms with E-state index < -0.39 is 0 Å². The predicted octanol–water partition coefficient (Wildman–Crippen LogP) is 0.919. The van der Waals surface area contributed by atoms with Crippen molar-refractivity contribution >= 4 is 6.29 Å². The molecule has 0 unspecified atom stereocenters. The summed E-state index contributed by atoms with van der Waals surface area (Å²) < 4.78 is 0. The van der Waals surface area contributed by atoms with E-state index in [1.54, 1.807) is 0 Å². The highest BCUT2D eigenvalue weighted by molar-refractivity contribution is 5.45. The van der Waals surface area contributed by atoms with E-state index >= 15 is 0 Å². The molecule has 0 aliphatic rings. The number of hydrogen-bond donors (Lipinski definition) is 3. The third-order valence-electron chi connectivity index (χ3n) is 0.887. The maximum absolute atomic E-state index is 8.68. The third kappa shape index (κ3) is 4.16. The van der Waals surface area contributed by atoms with Crippen molar-refractivity contribution in [2.24, 2.45) is 0 Å². The molecule has 0 aliphatic heterocycles. The molecule has 0 amide bonds. The van der Waals surface area contributed by atoms with Gasteiger partial charge in [-0.05, 0) is 0 Å². The summed E-state index contributed by atoms with van der Waals surface area (Å²) in [5.74, 6) is -0.437. The summed E-state index contributed by atoms with van der Waals surface area (Å²) in [6, 6.07) is 3.42. The molecule has 1 rings (SSSR count). The zero-order chi connectivity index (χ0) is 9.56. The first kappa shape index (κ1) is 10.3. The largest absolute Gasteiger partial charge is 0.508 e. The molecule has 0 atom stereocenters. The lowest BCUT2D eigenvalue weighted by Gasteiger charge is -1.94. The Morgan fingerprint density at radius 2 is 1.17 bits per heavy atom. The summed E-state index contributed by atoms with van der Waals surface area (Å²) in [5, 5.41) is 26.0. The lowest BCUT2D eigenvalue weighted by atomic mass is 10.3. The lowest BCUT2D eigenvalue weighted by Crippen LogP contribution is -1.66. The van der Waals surface area contributed by atoms with Gasteiger partial charge in [0.2, 0.25) is 0 Å². The molecule has 0 heterocycles. The quantitative estimate of drug-likeness (QED) is 0.539. The van der Waals surface area contributed by atoms with E-state index in [2.05, 4.69) is 0 Å². The minimum absolute atomic E-state index is 0.146. The Balaban J connectivity index is 0.000000354. The van der Waals surface area contributed by atoms with Gasteiger partial charge in [0.05, 0.1) is 0 Å². The first-order valence-corrected chi connectivity index (χ1v) is 3.11. The van der Waals surface area contributed by atoms with E-state index in [0.29, 0.717) is 0 Å². The Kier molecular flexibility index (Phi) is 4.30. The number of hydrogen-bond acceptors (Lipinski definition) is 4. The average molecular weight is 169 g/mol. The molecule has 1 radical (unpaired) electrons. The van der Waals surface area contributed by atoms with Crippen molar-refractivity contribution in [1.29, 1.82) is 0 Å². The monoisotopic (exact) mass is 169 g/mol. The average Bonchev–Trinajstić information content (AvgIpc) is 1.84. The van der Waals surface area contributed by atoms with Gasteiger partial charge in [0.15, 0.2) is 6.29 Å². The van der Waals surface area contributed by atoms with Gasteiger partial charge in [-0.3, -0.25) is 4.79 Å². The minimum atomic E-state index is -0.146. The molecule has 0 bridgehead atoms. The molecule has 3 N–H and O–H groups in total. The maximum atomic E-state index is 8.68. The molecule has 1 aromatic carbocycles. The number of phenolic OH excluding ortho intramolecular Hbond substituents is 3. The fourth-order valence-electron chi connectivity index (χ4n) is 0.580. The molecule has 4 heteroatoms. The van der Waals surface area contributed by atoms with Crippen LogP contribution in [0.5, 0.6) is 17.2 Å². The van der Waals surface area contributed by atoms with Crippen LogP contribution >= 0.6 is 0 Å². The topological polar surface area (TPSA) is 77.8 Å². The Labute approximate surface area is 69.7 Å². The van der Waals surface area contributed by atoms with E-state index in [-0.39, 0.29) is 17.2 Å². The summed E-state index contributed by atoms with van der Waals surface area (Å²) in [6.45, 7) is 1.32. The van der Waals surface area contributed by atoms with Crippen LogP contribution < -0.4 is 0 Å². The highest BCUT2D eigenvalue weighted by Crippen LogP contribution is 2.23. The summed E-state index contributed by atoms with van der Waals surface area (Å²) in [7, 11) is 0. The van der Waals surface area contributed by atoms with Gasteiger partial charge in [-0.15, -0.1) is 0 Å². The van der Waals surface area contributed by atoms with Gasteiger partial charge in [0, 0.05) is 25.1 Å². The summed E-state index contributed by atoms with van der Waals surface area (Å²) >= 11 is 0. The number of benzene rings is 1. The van der Waals surface area contributed by atoms with Crippen LogP contribution in [0.1, 0.15) is 6.92 Å². The van der Waals surface area contributed by atoms with Crippen LogP contribution in [0.25, 0.3) is 0 Å². The van der Waals surface area contributed by atoms with Gasteiger partial charge in [0.25, 0.3) is 0 Å². The van der Waals surface area contributed by atoms with Crippen molar-refractivity contribution in [3.05, 3.63) is 18.2 Å². The highest BCUT2D eigenvalue weighted by Gasteiger charge is 1.94. The van der Waals surface area contributed by atoms with Crippen molar-refractivity contribution < 1.29 is 20.1 Å². The van der Waals surface area contributed by atoms with Crippen molar-refractivity contribution in [1.82, 2.24) is 0 Å². The van der Waals surface area contributed by atoms with Crippen LogP contribution in [0, 0.1) is 0 Å². The summed E-state index contributed by atoms with van der Waals surface area (Å²) in [5.41, 5.74) is 0. The van der Waals surface area contributed by atoms with E-state index in [1.807, 2.05) is 0 Å². The molecule has 0 fully saturated rings. The highest BCUT2D eigenvalue weighted by atomic mass is 16.3. The molecule has 0 spiro atoms. The minimum Gasteiger partial charge on any atom is -0.508 e. The Morgan fingerprint density at radius 1 is 1.00 bits per heavy atom. The van der Waals surface area contributed by atoms with Gasteiger partial charge in [0.1, 0.15) is 17.2 Å². The van der Waals surface area contributed by atoms with E-state index in [4.69, 9.17) is 20.1 Å². The van der Waals surface area contributed by atoms with Crippen LogP contribution in [0.15, 0.2) is 18.2 Å². The number of aromatic hydroxyl groups is 3. The van der Waals surface area contributed by atoms with E-state index in [1.165, 1.54) is 13.2 Å². The molecule has 12 heavy (non-hydrogen) atoms. The Hall–Kier alpha value is -1.71. The second-order valence-corrected chi connectivity index (χ2v) is 1.91. The van der Waals surface area contributed by atoms with Crippen molar-refractivity contribution in [2.75, 3.05) is 0 Å². The Morgan fingerprint density at radius 3 is 1.33 bits per heavy atom. The van der Waals surface area contributed by atoms with Crippen LogP contribution in [-0.4, -0.2) is 21.6 Å². The van der Waals surface area contributed by atoms with Crippen molar-refractivity contribution in [3.63, 3.8) is 0 Å². The molecule has 0 aromatic heterocycles. The smallest absolute Gasteiger partial charge is 0.195 e. The van der Waals surface area contributed by atoms with Crippen LogP contribution in [0.4, 0.5) is 0 Å². The fraction of sp³-hybridized carbons (Fsp3) is 0.125. The summed E-state index contributed by atoms with van der Waals surface area (Å²) in [4.78, 5) is 8.68. The molecule has 0 saturated carbocycles. The molecular weight excluding hydrogens is 160 g/mol. The standard InChI is InChI=1S/C6H6O3.C2H3O/c7-4-1-5(8)3-6(9)2-4;1-2-3/h1-3,7-9H;1H3. The molecule has 4 nitrogen and oxygen atoms in total. The fourth-order valence-corrected chi connectivity index (χ4v) is 0.580. The predicted molar refractivity (Wildman–Crippen MR) is 42.8 cm³/mol. The second-order valence-electron chi connectivity index (χ2n) is 1.91. The molecule has 0 aliphatic carbocycles. The van der Waals surface area contributed by atoms with Gasteiger partial charge < -0.3 is 15.3 Å². The van der Waals surface area contributed by atoms with Crippen LogP contribution in [0.2, 0.25) is 0 Å². The van der Waals surface area contributed by atoms with Gasteiger partial charge in [-0.2, -0.15) is 0 Å². The summed E-state index contributed by atoms with van der Waals surface area (Å²) in [6.07, 6.45) is 1.50. The van der Waals surface area contributed by atoms with E-state index in [0.717, 1.165) is 18.2 Å². The van der Waals surface area contributed by atoms with Crippen LogP contribution in [0.3, 0.4) is 0 Å². The molecule has 1 aromatic rings. The number of carbonyl (C=O) groups excluding carboxylic acids is 1. The number of phenols is 3. The van der Waals surface area contributed by atoms with Gasteiger partial charge >= 0.3 is 0 Å². The van der Waals surface area contributed by atoms with Crippen molar-refractivity contribution in [2.45, 2.75) is 6.92 Å². The molecular formula is C8H9O4. The lowest BCUT2D eigenvalue weighted by molar-refractivity contribution is 0.428. The zero-order valence-corrected chi connectivity index (χ0v) is 6.48. The van der Waals surface area contributed by atoms with Gasteiger partial charge in [-0.1, -0.05) is 0 Å². The first-order valence-electron chi connectivity index (χ1n) is 3.11. The maximum Gasteiger partial charge on any atom is 0.195 e. The van der Waals surface area contributed by atoms with Gasteiger partial charge in [-0.25, -0.2) is 0 Å². The normalized spacial score (nSPS) is 8.08. The number of rotatable bonds is 0. The Bertz CT molecular complexity index is 207. The zero-order valence-electron chi connectivity index (χ0n) is 6.48. The molecule has 65 valence electrons. The SMILES string of the molecule is C[C]=O.Oc1cc(O)cc(O)c1. The van der Waals surface area contributed by atoms with E-state index in [9.17, 15) is 0 Å². The van der Waals surface area contributed by atoms with Crippen molar-refractivity contribution in [3.8, 4) is 17.2 Å². The second kappa shape index (κ2) is 5.01. The van der Waals surface area contributed by atoms with Crippen LogP contribution in [-0.2, 0) is 4.79 Å².